The SMILES string of the molecule is COC(=O)C1(C(=O)OC)CN1OC(C)C. The first-order chi connectivity index (χ1) is 6.98. The number of ether oxygens (including phenoxy) is 2. The zero-order valence-corrected chi connectivity index (χ0v) is 9.27. The molecular formula is C9H15NO5. The van der Waals surface area contributed by atoms with Crippen molar-refractivity contribution in [1.82, 2.24) is 5.06 Å². The molecular weight excluding hydrogens is 202 g/mol. The number of hydroxylamine groups is 2. The second-order valence-electron chi connectivity index (χ2n) is 3.53. The molecule has 6 heteroatoms. The minimum atomic E-state index is -1.40. The van der Waals surface area contributed by atoms with Gasteiger partial charge in [-0.3, -0.25) is 4.84 Å². The monoisotopic (exact) mass is 217 g/mol. The first-order valence-electron chi connectivity index (χ1n) is 4.60. The van der Waals surface area contributed by atoms with E-state index in [1.807, 2.05) is 0 Å². The van der Waals surface area contributed by atoms with Gasteiger partial charge in [-0.2, -0.15) is 5.06 Å². The van der Waals surface area contributed by atoms with Gasteiger partial charge in [0, 0.05) is 0 Å². The molecule has 1 saturated heterocycles. The lowest BCUT2D eigenvalue weighted by Crippen LogP contribution is -2.40. The molecule has 0 bridgehead atoms. The summed E-state index contributed by atoms with van der Waals surface area (Å²) in [5.41, 5.74) is -1.40. The molecule has 0 aromatic rings. The molecule has 1 aliphatic heterocycles. The minimum absolute atomic E-state index is 0.110. The Kier molecular flexibility index (Phi) is 3.31. The number of rotatable bonds is 4. The molecule has 0 aromatic heterocycles. The summed E-state index contributed by atoms with van der Waals surface area (Å²) in [5.74, 6) is -1.31. The van der Waals surface area contributed by atoms with E-state index < -0.39 is 17.5 Å². The van der Waals surface area contributed by atoms with E-state index in [0.717, 1.165) is 0 Å². The lowest BCUT2D eigenvalue weighted by Gasteiger charge is -2.14. The molecule has 1 heterocycles. The molecule has 6 nitrogen and oxygen atoms in total. The van der Waals surface area contributed by atoms with Crippen molar-refractivity contribution < 1.29 is 23.9 Å². The van der Waals surface area contributed by atoms with Gasteiger partial charge in [-0.25, -0.2) is 9.59 Å². The van der Waals surface area contributed by atoms with Gasteiger partial charge in [0.2, 0.25) is 0 Å². The fraction of sp³-hybridized carbons (Fsp3) is 0.778. The van der Waals surface area contributed by atoms with E-state index in [2.05, 4.69) is 9.47 Å². The molecule has 0 saturated carbocycles. The molecule has 86 valence electrons. The van der Waals surface area contributed by atoms with Gasteiger partial charge in [-0.05, 0) is 13.8 Å². The Labute approximate surface area is 88.0 Å². The summed E-state index contributed by atoms with van der Waals surface area (Å²) in [7, 11) is 2.44. The summed E-state index contributed by atoms with van der Waals surface area (Å²) in [6.07, 6.45) is -0.110. The van der Waals surface area contributed by atoms with E-state index in [-0.39, 0.29) is 12.6 Å². The van der Waals surface area contributed by atoms with Crippen LogP contribution >= 0.6 is 0 Å². The number of carbonyl (C=O) groups is 2. The van der Waals surface area contributed by atoms with Gasteiger partial charge >= 0.3 is 11.9 Å². The Bertz CT molecular complexity index is 260. The normalized spacial score (nSPS) is 22.3. The first-order valence-corrected chi connectivity index (χ1v) is 4.60. The molecule has 0 spiro atoms. The Balaban J connectivity index is 2.76. The average Bonchev–Trinajstić information content (AvgIpc) is 2.90. The van der Waals surface area contributed by atoms with Crippen molar-refractivity contribution in [2.24, 2.45) is 0 Å². The van der Waals surface area contributed by atoms with Crippen molar-refractivity contribution in [1.29, 1.82) is 0 Å². The second kappa shape index (κ2) is 4.16. The number of carbonyl (C=O) groups excluding carboxylic acids is 2. The molecule has 0 aromatic carbocycles. The third kappa shape index (κ3) is 1.95. The molecule has 0 amide bonds. The van der Waals surface area contributed by atoms with Crippen LogP contribution in [0.15, 0.2) is 0 Å². The number of hydrogen-bond donors (Lipinski definition) is 0. The van der Waals surface area contributed by atoms with E-state index >= 15 is 0 Å². The molecule has 15 heavy (non-hydrogen) atoms. The molecule has 1 atom stereocenters. The highest BCUT2D eigenvalue weighted by Crippen LogP contribution is 2.35. The maximum Gasteiger partial charge on any atom is 0.341 e. The van der Waals surface area contributed by atoms with Crippen LogP contribution in [0.5, 0.6) is 0 Å². The predicted molar refractivity (Wildman–Crippen MR) is 49.7 cm³/mol. The lowest BCUT2D eigenvalue weighted by atomic mass is 10.1. The van der Waals surface area contributed by atoms with Gasteiger partial charge in [-0.15, -0.1) is 0 Å². The van der Waals surface area contributed by atoms with Crippen molar-refractivity contribution in [3.05, 3.63) is 0 Å². The predicted octanol–water partition coefficient (Wildman–Crippen LogP) is -0.273. The van der Waals surface area contributed by atoms with Crippen LogP contribution in [0.1, 0.15) is 13.8 Å². The first kappa shape index (κ1) is 11.9. The highest BCUT2D eigenvalue weighted by Gasteiger charge is 2.69. The van der Waals surface area contributed by atoms with E-state index in [0.29, 0.717) is 0 Å². The molecule has 0 N–H and O–H groups in total. The fourth-order valence-corrected chi connectivity index (χ4v) is 1.31. The Hall–Kier alpha value is -1.14. The maximum atomic E-state index is 11.4. The summed E-state index contributed by atoms with van der Waals surface area (Å²) in [4.78, 5) is 28.1. The second-order valence-corrected chi connectivity index (χ2v) is 3.53. The molecule has 1 rings (SSSR count). The third-order valence-electron chi connectivity index (χ3n) is 2.08. The zero-order chi connectivity index (χ0) is 11.6. The van der Waals surface area contributed by atoms with E-state index in [9.17, 15) is 9.59 Å². The van der Waals surface area contributed by atoms with E-state index in [4.69, 9.17) is 4.84 Å². The Morgan fingerprint density at radius 1 is 1.20 bits per heavy atom. The number of hydrogen-bond acceptors (Lipinski definition) is 6. The zero-order valence-electron chi connectivity index (χ0n) is 9.27. The van der Waals surface area contributed by atoms with Crippen molar-refractivity contribution >= 4 is 11.9 Å². The molecule has 1 unspecified atom stereocenters. The van der Waals surface area contributed by atoms with Crippen LogP contribution in [-0.4, -0.2) is 49.4 Å². The summed E-state index contributed by atoms with van der Waals surface area (Å²) in [5, 5.41) is 1.27. The maximum absolute atomic E-state index is 11.4. The van der Waals surface area contributed by atoms with Gasteiger partial charge in [0.25, 0.3) is 5.54 Å². The van der Waals surface area contributed by atoms with Gasteiger partial charge in [-0.1, -0.05) is 0 Å². The summed E-state index contributed by atoms with van der Waals surface area (Å²) >= 11 is 0. The van der Waals surface area contributed by atoms with Crippen LogP contribution < -0.4 is 0 Å². The van der Waals surface area contributed by atoms with Gasteiger partial charge < -0.3 is 9.47 Å². The van der Waals surface area contributed by atoms with Crippen molar-refractivity contribution in [3.8, 4) is 0 Å². The van der Waals surface area contributed by atoms with Gasteiger partial charge in [0.05, 0.1) is 26.9 Å². The summed E-state index contributed by atoms with van der Waals surface area (Å²) in [6.45, 7) is 3.78. The molecule has 0 radical (unpaired) electrons. The average molecular weight is 217 g/mol. The van der Waals surface area contributed by atoms with Crippen molar-refractivity contribution in [3.63, 3.8) is 0 Å². The van der Waals surface area contributed by atoms with Crippen molar-refractivity contribution in [2.45, 2.75) is 25.5 Å². The van der Waals surface area contributed by atoms with Crippen molar-refractivity contribution in [2.75, 3.05) is 20.8 Å². The van der Waals surface area contributed by atoms with Crippen LogP contribution in [0.2, 0.25) is 0 Å². The van der Waals surface area contributed by atoms with Gasteiger partial charge in [0.15, 0.2) is 0 Å². The van der Waals surface area contributed by atoms with Crippen LogP contribution in [-0.2, 0) is 23.9 Å². The highest BCUT2D eigenvalue weighted by molar-refractivity contribution is 6.08. The van der Waals surface area contributed by atoms with Crippen LogP contribution in [0.4, 0.5) is 0 Å². The van der Waals surface area contributed by atoms with Crippen LogP contribution in [0.3, 0.4) is 0 Å². The molecule has 0 aliphatic carbocycles. The van der Waals surface area contributed by atoms with Crippen LogP contribution in [0, 0.1) is 0 Å². The Morgan fingerprint density at radius 2 is 1.67 bits per heavy atom. The number of nitrogens with zero attached hydrogens (tertiary/aromatic N) is 1. The molecule has 1 aliphatic rings. The smallest absolute Gasteiger partial charge is 0.341 e. The summed E-state index contributed by atoms with van der Waals surface area (Å²) in [6, 6.07) is 0. The van der Waals surface area contributed by atoms with E-state index in [1.165, 1.54) is 19.3 Å². The fourth-order valence-electron chi connectivity index (χ4n) is 1.31. The van der Waals surface area contributed by atoms with Crippen LogP contribution in [0.25, 0.3) is 0 Å². The number of methoxy groups -OCH3 is 2. The van der Waals surface area contributed by atoms with E-state index in [1.54, 1.807) is 13.8 Å². The quantitative estimate of drug-likeness (QED) is 0.367. The minimum Gasteiger partial charge on any atom is -0.467 e. The highest BCUT2D eigenvalue weighted by atomic mass is 16.7. The topological polar surface area (TPSA) is 64.8 Å². The molecule has 1 fully saturated rings. The largest absolute Gasteiger partial charge is 0.467 e. The number of esters is 2. The lowest BCUT2D eigenvalue weighted by molar-refractivity contribution is -0.176. The standard InChI is InChI=1S/C9H15NO5/c1-6(2)15-10-5-9(10,7(11)13-3)8(12)14-4/h6H,5H2,1-4H3. The van der Waals surface area contributed by atoms with Gasteiger partial charge in [0.1, 0.15) is 0 Å². The third-order valence-corrected chi connectivity index (χ3v) is 2.08. The summed E-state index contributed by atoms with van der Waals surface area (Å²) < 4.78 is 9.10. The Morgan fingerprint density at radius 3 is 2.00 bits per heavy atom.